The van der Waals surface area contributed by atoms with E-state index in [0.717, 1.165) is 18.8 Å². The van der Waals surface area contributed by atoms with Crippen LogP contribution in [-0.4, -0.2) is 63.5 Å². The normalized spacial score (nSPS) is 15.2. The Labute approximate surface area is 152 Å². The highest BCUT2D eigenvalue weighted by atomic mass is 16.6. The van der Waals surface area contributed by atoms with Crippen LogP contribution in [0.2, 0.25) is 0 Å². The van der Waals surface area contributed by atoms with E-state index in [-0.39, 0.29) is 12.0 Å². The van der Waals surface area contributed by atoms with Crippen molar-refractivity contribution in [1.82, 2.24) is 24.6 Å². The van der Waals surface area contributed by atoms with Gasteiger partial charge in [-0.25, -0.2) is 9.48 Å². The first kappa shape index (κ1) is 18.0. The van der Waals surface area contributed by atoms with Crippen LogP contribution in [0.5, 0.6) is 0 Å². The lowest BCUT2D eigenvalue weighted by molar-refractivity contribution is 0.0943. The molecule has 0 aliphatic carbocycles. The van der Waals surface area contributed by atoms with Crippen molar-refractivity contribution < 1.29 is 9.53 Å². The van der Waals surface area contributed by atoms with E-state index in [4.69, 9.17) is 10.5 Å². The SMILES string of the molecule is CC(C)COC(=O)N1CCCN(c2cc(-n3cccn3)nc(N)n2)CC1. The van der Waals surface area contributed by atoms with Gasteiger partial charge in [0.2, 0.25) is 5.95 Å². The fourth-order valence-corrected chi connectivity index (χ4v) is 2.78. The predicted molar refractivity (Wildman–Crippen MR) is 98.2 cm³/mol. The first-order valence-electron chi connectivity index (χ1n) is 8.84. The Bertz CT molecular complexity index is 733. The molecule has 9 heteroatoms. The zero-order valence-electron chi connectivity index (χ0n) is 15.2. The number of ether oxygens (including phenoxy) is 1. The van der Waals surface area contributed by atoms with Gasteiger partial charge in [-0.2, -0.15) is 15.1 Å². The van der Waals surface area contributed by atoms with Gasteiger partial charge in [0.25, 0.3) is 0 Å². The van der Waals surface area contributed by atoms with E-state index in [2.05, 4.69) is 20.0 Å². The highest BCUT2D eigenvalue weighted by molar-refractivity contribution is 5.67. The van der Waals surface area contributed by atoms with Crippen LogP contribution in [0.25, 0.3) is 5.82 Å². The Hall–Kier alpha value is -2.84. The van der Waals surface area contributed by atoms with Crippen LogP contribution >= 0.6 is 0 Å². The molecule has 2 aromatic heterocycles. The number of rotatable bonds is 4. The van der Waals surface area contributed by atoms with Crippen LogP contribution in [0.4, 0.5) is 16.6 Å². The summed E-state index contributed by atoms with van der Waals surface area (Å²) in [6.07, 6.45) is 4.07. The minimum atomic E-state index is -0.250. The molecule has 0 bridgehead atoms. The molecular formula is C17H25N7O2. The number of nitrogens with two attached hydrogens (primary N) is 1. The van der Waals surface area contributed by atoms with Crippen LogP contribution < -0.4 is 10.6 Å². The third-order valence-corrected chi connectivity index (χ3v) is 4.07. The van der Waals surface area contributed by atoms with Crippen molar-refractivity contribution in [3.05, 3.63) is 24.5 Å². The van der Waals surface area contributed by atoms with Gasteiger partial charge in [0.05, 0.1) is 6.61 Å². The average Bonchev–Trinajstić information content (AvgIpc) is 3.03. The summed E-state index contributed by atoms with van der Waals surface area (Å²) in [6.45, 7) is 7.17. The first-order chi connectivity index (χ1) is 12.5. The summed E-state index contributed by atoms with van der Waals surface area (Å²) in [4.78, 5) is 24.6. The zero-order valence-corrected chi connectivity index (χ0v) is 15.2. The fraction of sp³-hybridized carbons (Fsp3) is 0.529. The predicted octanol–water partition coefficient (Wildman–Crippen LogP) is 1.55. The molecule has 0 unspecified atom stereocenters. The molecule has 1 amide bonds. The van der Waals surface area contributed by atoms with E-state index in [1.54, 1.807) is 22.0 Å². The van der Waals surface area contributed by atoms with E-state index in [1.165, 1.54) is 0 Å². The number of anilines is 2. The third-order valence-electron chi connectivity index (χ3n) is 4.07. The molecule has 3 heterocycles. The number of nitrogen functional groups attached to an aromatic ring is 1. The van der Waals surface area contributed by atoms with Crippen LogP contribution in [0.1, 0.15) is 20.3 Å². The molecule has 1 aliphatic rings. The van der Waals surface area contributed by atoms with Crippen LogP contribution in [0.15, 0.2) is 24.5 Å². The van der Waals surface area contributed by atoms with Crippen molar-refractivity contribution >= 4 is 17.9 Å². The van der Waals surface area contributed by atoms with Gasteiger partial charge in [-0.1, -0.05) is 13.8 Å². The maximum absolute atomic E-state index is 12.2. The summed E-state index contributed by atoms with van der Waals surface area (Å²) in [5.41, 5.74) is 5.88. The number of carbonyl (C=O) groups is 1. The molecule has 0 radical (unpaired) electrons. The Balaban J connectivity index is 1.68. The Morgan fingerprint density at radius 3 is 2.77 bits per heavy atom. The van der Waals surface area contributed by atoms with Crippen LogP contribution in [0, 0.1) is 5.92 Å². The lowest BCUT2D eigenvalue weighted by atomic mass is 10.2. The number of amides is 1. The number of hydrogen-bond donors (Lipinski definition) is 1. The number of hydrogen-bond acceptors (Lipinski definition) is 7. The van der Waals surface area contributed by atoms with Gasteiger partial charge in [-0.3, -0.25) is 0 Å². The van der Waals surface area contributed by atoms with Crippen molar-refractivity contribution in [2.24, 2.45) is 5.92 Å². The lowest BCUT2D eigenvalue weighted by Crippen LogP contribution is -2.36. The molecule has 0 saturated carbocycles. The van der Waals surface area contributed by atoms with Gasteiger partial charge in [-0.05, 0) is 18.4 Å². The highest BCUT2D eigenvalue weighted by Gasteiger charge is 2.22. The van der Waals surface area contributed by atoms with Gasteiger partial charge >= 0.3 is 6.09 Å². The van der Waals surface area contributed by atoms with Crippen molar-refractivity contribution in [3.63, 3.8) is 0 Å². The summed E-state index contributed by atoms with van der Waals surface area (Å²) < 4.78 is 6.99. The summed E-state index contributed by atoms with van der Waals surface area (Å²) in [5, 5.41) is 4.19. The molecule has 1 saturated heterocycles. The molecule has 0 spiro atoms. The standard InChI is InChI=1S/C17H25N7O2/c1-13(2)12-26-17(25)23-7-4-6-22(9-10-23)14-11-15(21-16(18)20-14)24-8-3-5-19-24/h3,5,8,11,13H,4,6-7,9-10,12H2,1-2H3,(H2,18,20,21). The first-order valence-corrected chi connectivity index (χ1v) is 8.84. The quantitative estimate of drug-likeness (QED) is 0.883. The summed E-state index contributed by atoms with van der Waals surface area (Å²) >= 11 is 0. The minimum absolute atomic E-state index is 0.199. The smallest absolute Gasteiger partial charge is 0.409 e. The maximum Gasteiger partial charge on any atom is 0.409 e. The largest absolute Gasteiger partial charge is 0.449 e. The van der Waals surface area contributed by atoms with Crippen LogP contribution in [-0.2, 0) is 4.74 Å². The third kappa shape index (κ3) is 4.41. The Morgan fingerprint density at radius 1 is 1.23 bits per heavy atom. The van der Waals surface area contributed by atoms with Gasteiger partial charge < -0.3 is 20.3 Å². The maximum atomic E-state index is 12.2. The zero-order chi connectivity index (χ0) is 18.5. The molecule has 1 fully saturated rings. The molecule has 1 aliphatic heterocycles. The molecule has 140 valence electrons. The molecule has 0 atom stereocenters. The average molecular weight is 359 g/mol. The molecule has 2 aromatic rings. The second-order valence-electron chi connectivity index (χ2n) is 6.69. The van der Waals surface area contributed by atoms with Crippen molar-refractivity contribution in [2.75, 3.05) is 43.4 Å². The van der Waals surface area contributed by atoms with E-state index >= 15 is 0 Å². The van der Waals surface area contributed by atoms with Crippen LogP contribution in [0.3, 0.4) is 0 Å². The van der Waals surface area contributed by atoms with Gasteiger partial charge in [0, 0.05) is 44.6 Å². The molecule has 3 rings (SSSR count). The molecule has 0 aromatic carbocycles. The molecule has 26 heavy (non-hydrogen) atoms. The molecule has 9 nitrogen and oxygen atoms in total. The van der Waals surface area contributed by atoms with Gasteiger partial charge in [-0.15, -0.1) is 0 Å². The fourth-order valence-electron chi connectivity index (χ4n) is 2.78. The summed E-state index contributed by atoms with van der Waals surface area (Å²) in [7, 11) is 0. The Kier molecular flexibility index (Phi) is 5.55. The second-order valence-corrected chi connectivity index (χ2v) is 6.69. The van der Waals surface area contributed by atoms with Gasteiger partial charge in [0.15, 0.2) is 5.82 Å². The van der Waals surface area contributed by atoms with Crippen molar-refractivity contribution in [2.45, 2.75) is 20.3 Å². The Morgan fingerprint density at radius 2 is 2.04 bits per heavy atom. The number of carbonyl (C=O) groups excluding carboxylic acids is 1. The molecular weight excluding hydrogens is 334 g/mol. The molecule has 2 N–H and O–H groups in total. The monoisotopic (exact) mass is 359 g/mol. The van der Waals surface area contributed by atoms with E-state index in [9.17, 15) is 4.79 Å². The summed E-state index contributed by atoms with van der Waals surface area (Å²) in [6, 6.07) is 3.68. The number of aromatic nitrogens is 4. The topological polar surface area (TPSA) is 102 Å². The van der Waals surface area contributed by atoms with E-state index < -0.39 is 0 Å². The van der Waals surface area contributed by atoms with E-state index in [1.807, 2.05) is 26.0 Å². The minimum Gasteiger partial charge on any atom is -0.449 e. The number of nitrogens with zero attached hydrogens (tertiary/aromatic N) is 6. The van der Waals surface area contributed by atoms with Crippen molar-refractivity contribution in [3.8, 4) is 5.82 Å². The van der Waals surface area contributed by atoms with E-state index in [0.29, 0.717) is 38.0 Å². The highest BCUT2D eigenvalue weighted by Crippen LogP contribution is 2.18. The lowest BCUT2D eigenvalue weighted by Gasteiger charge is -2.23. The van der Waals surface area contributed by atoms with Crippen molar-refractivity contribution in [1.29, 1.82) is 0 Å². The summed E-state index contributed by atoms with van der Waals surface area (Å²) in [5.74, 6) is 1.88. The van der Waals surface area contributed by atoms with Gasteiger partial charge in [0.1, 0.15) is 5.82 Å². The second kappa shape index (κ2) is 8.03.